The molecule has 5 aliphatic rings. The first kappa shape index (κ1) is 43.6. The van der Waals surface area contributed by atoms with Crippen LogP contribution in [0.25, 0.3) is 12.2 Å². The highest BCUT2D eigenvalue weighted by molar-refractivity contribution is 6.05. The summed E-state index contributed by atoms with van der Waals surface area (Å²) in [4.78, 5) is 37.5. The van der Waals surface area contributed by atoms with Crippen molar-refractivity contribution in [1.82, 2.24) is 9.97 Å². The minimum Gasteiger partial charge on any atom is -0.507 e. The van der Waals surface area contributed by atoms with Gasteiger partial charge in [0.1, 0.15) is 23.4 Å². The van der Waals surface area contributed by atoms with Crippen LogP contribution in [0.5, 0.6) is 17.2 Å². The number of aryl methyl sites for hydroxylation is 2. The van der Waals surface area contributed by atoms with Gasteiger partial charge in [-0.1, -0.05) is 60.4 Å². The monoisotopic (exact) mass is 885 g/mol. The third-order valence-electron chi connectivity index (χ3n) is 14.8. The highest BCUT2D eigenvalue weighted by Crippen LogP contribution is 2.47. The molecule has 6 atom stereocenters. The first-order valence-corrected chi connectivity index (χ1v) is 24.0. The van der Waals surface area contributed by atoms with Crippen LogP contribution in [0.15, 0.2) is 84.7 Å². The van der Waals surface area contributed by atoms with Crippen molar-refractivity contribution in [3.8, 4) is 29.1 Å². The van der Waals surface area contributed by atoms with Gasteiger partial charge in [0.2, 0.25) is 0 Å². The lowest BCUT2D eigenvalue weighted by Gasteiger charge is -2.37. The second-order valence-corrected chi connectivity index (χ2v) is 19.2. The number of phenolic OH excluding ortho intramolecular Hbond substituents is 2. The molecule has 10 rings (SSSR count). The first-order valence-electron chi connectivity index (χ1n) is 24.0. The van der Waals surface area contributed by atoms with Crippen LogP contribution in [0.1, 0.15) is 119 Å². The number of H-pyrrole nitrogens is 2. The number of benzene rings is 3. The quantitative estimate of drug-likeness (QED) is 0.0656. The Labute approximate surface area is 386 Å². The van der Waals surface area contributed by atoms with E-state index in [0.717, 1.165) is 100 Å². The molecule has 2 aliphatic heterocycles. The van der Waals surface area contributed by atoms with Gasteiger partial charge in [0.25, 0.3) is 0 Å². The molecule has 5 aromatic rings. The molecule has 0 saturated heterocycles. The van der Waals surface area contributed by atoms with E-state index in [1.54, 1.807) is 6.07 Å². The van der Waals surface area contributed by atoms with Crippen LogP contribution in [0.2, 0.25) is 0 Å². The number of hydrogen-bond donors (Lipinski definition) is 7. The number of aliphatic hydroxyl groups is 2. The van der Waals surface area contributed by atoms with Crippen molar-refractivity contribution in [3.05, 3.63) is 140 Å². The number of Topliss-reactive ketones (excluding diaryl/α,β-unsaturated/α-hetero) is 2. The average Bonchev–Trinajstić information content (AvgIpc) is 4.08. The standard InChI is InChI=1S/C56H59N3O7/c60-24-21-45-51(63)18-14-35-27-40(54(64)52(29-35)66-42-7-1-2-8-42)26-34-12-16-37-31-41(61)6-4-9-48(59-56-38(19-22-58-56)30-39(37)25-34)47-32-49-44(20-23-57-49)46(53(47)55(45)65)28-33-11-15-36-5-3-10-50(62)43(36)17-13-33/h3,5,10,12-13,16-17,19-20,22-23,25,27,29,32-33,41-42,45-46,48,53,57-62,64H,1-2,6-8,11,14-15,18,21,24,26,28,30-31H2/t33-,41-,45-,46-,48-,53+/m1/s1. The molecule has 1 saturated carbocycles. The third-order valence-corrected chi connectivity index (χ3v) is 14.8. The van der Waals surface area contributed by atoms with Crippen molar-refractivity contribution in [1.29, 1.82) is 0 Å². The van der Waals surface area contributed by atoms with Gasteiger partial charge < -0.3 is 40.4 Å². The maximum absolute atomic E-state index is 15.8. The Balaban J connectivity index is 1.11. The van der Waals surface area contributed by atoms with Crippen molar-refractivity contribution in [2.45, 2.75) is 114 Å². The molecule has 0 radical (unpaired) electrons. The number of fused-ring (bicyclic) bond motifs is 8. The second kappa shape index (κ2) is 18.9. The van der Waals surface area contributed by atoms with Crippen molar-refractivity contribution in [2.24, 2.45) is 17.8 Å². The Bertz CT molecular complexity index is 2760. The van der Waals surface area contributed by atoms with E-state index in [-0.39, 0.29) is 66.9 Å². The Morgan fingerprint density at radius 1 is 0.818 bits per heavy atom. The molecule has 1 fully saturated rings. The summed E-state index contributed by atoms with van der Waals surface area (Å²) < 4.78 is 6.48. The molecule has 340 valence electrons. The number of ketones is 2. The Morgan fingerprint density at radius 2 is 1.67 bits per heavy atom. The van der Waals surface area contributed by atoms with E-state index in [1.807, 2.05) is 54.9 Å². The number of allylic oxidation sites excluding steroid dienone is 1. The molecule has 0 unspecified atom stereocenters. The van der Waals surface area contributed by atoms with Crippen LogP contribution in [-0.2, 0) is 41.7 Å². The van der Waals surface area contributed by atoms with Crippen LogP contribution in [0.4, 0.5) is 5.82 Å². The summed E-state index contributed by atoms with van der Waals surface area (Å²) >= 11 is 0. The number of hydrogen-bond acceptors (Lipinski definition) is 8. The first-order chi connectivity index (χ1) is 32.2. The molecule has 10 heteroatoms. The van der Waals surface area contributed by atoms with Crippen molar-refractivity contribution >= 4 is 29.5 Å². The Morgan fingerprint density at radius 3 is 2.53 bits per heavy atom. The maximum Gasteiger partial charge on any atom is 0.161 e. The molecule has 66 heavy (non-hydrogen) atoms. The highest BCUT2D eigenvalue weighted by atomic mass is 16.5. The summed E-state index contributed by atoms with van der Waals surface area (Å²) in [6.45, 7) is -0.338. The summed E-state index contributed by atoms with van der Waals surface area (Å²) in [6.07, 6.45) is 17.3. The fourth-order valence-corrected chi connectivity index (χ4v) is 11.3. The van der Waals surface area contributed by atoms with Crippen LogP contribution in [0.3, 0.4) is 0 Å². The fourth-order valence-electron chi connectivity index (χ4n) is 11.3. The number of rotatable bonds is 6. The molecule has 2 aromatic heterocycles. The zero-order valence-corrected chi connectivity index (χ0v) is 37.3. The number of carbonyl (C=O) groups excluding carboxylic acids is 2. The van der Waals surface area contributed by atoms with Crippen molar-refractivity contribution < 1.29 is 34.8 Å². The molecule has 5 bridgehead atoms. The number of aromatic hydroxyl groups is 2. The van der Waals surface area contributed by atoms with Crippen LogP contribution >= 0.6 is 0 Å². The number of ether oxygens (including phenoxy) is 1. The number of aromatic nitrogens is 2. The molecule has 3 aliphatic carbocycles. The molecule has 0 amide bonds. The molecular formula is C56H59N3O7. The van der Waals surface area contributed by atoms with E-state index in [4.69, 9.17) is 4.74 Å². The summed E-state index contributed by atoms with van der Waals surface area (Å²) in [5.41, 5.74) is 10.1. The van der Waals surface area contributed by atoms with Gasteiger partial charge in [-0.2, -0.15) is 0 Å². The largest absolute Gasteiger partial charge is 0.507 e. The molecule has 10 nitrogen and oxygen atoms in total. The van der Waals surface area contributed by atoms with E-state index < -0.39 is 24.0 Å². The highest BCUT2D eigenvalue weighted by Gasteiger charge is 2.44. The van der Waals surface area contributed by atoms with Gasteiger partial charge in [-0.05, 0) is 145 Å². The minimum absolute atomic E-state index is 0.000708. The van der Waals surface area contributed by atoms with Crippen LogP contribution in [-0.4, -0.2) is 66.8 Å². The lowest BCUT2D eigenvalue weighted by molar-refractivity contribution is -0.135. The number of phenols is 2. The van der Waals surface area contributed by atoms with Gasteiger partial charge in [0.15, 0.2) is 17.3 Å². The summed E-state index contributed by atoms with van der Waals surface area (Å²) in [5.74, 6) is 5.60. The van der Waals surface area contributed by atoms with E-state index in [0.29, 0.717) is 43.4 Å². The number of anilines is 1. The summed E-state index contributed by atoms with van der Waals surface area (Å²) in [7, 11) is 0. The summed E-state index contributed by atoms with van der Waals surface area (Å²) in [5, 5.41) is 48.4. The van der Waals surface area contributed by atoms with Crippen LogP contribution in [0, 0.1) is 29.6 Å². The lowest BCUT2D eigenvalue weighted by atomic mass is 9.66. The molecule has 7 N–H and O–H groups in total. The average molecular weight is 886 g/mol. The Kier molecular flexibility index (Phi) is 12.5. The molecule has 3 aromatic carbocycles. The van der Waals surface area contributed by atoms with E-state index in [1.165, 1.54) is 0 Å². The van der Waals surface area contributed by atoms with Gasteiger partial charge in [0.05, 0.1) is 18.1 Å². The van der Waals surface area contributed by atoms with Crippen molar-refractivity contribution in [2.75, 3.05) is 11.9 Å². The SMILES string of the molecule is O=C1CCc2cc(c(O)c(OC3CCCC3)c2)Cc2ccc3c(c2)Cc2cc[nH]c2N[C@H](C#CC[C@@H](O)C3)C2=Cc3[nH]ccc3[C@@H](C[C@H]3C=Cc4c(O)cccc4CC3)[C@@H]2C(=O)[C@@H]1CCO. The number of aromatic amines is 2. The smallest absolute Gasteiger partial charge is 0.161 e. The lowest BCUT2D eigenvalue weighted by Crippen LogP contribution is -2.41. The van der Waals surface area contributed by atoms with Gasteiger partial charge in [-0.15, -0.1) is 0 Å². The zero-order valence-electron chi connectivity index (χ0n) is 37.3. The number of nitrogens with one attached hydrogen (secondary N) is 3. The van der Waals surface area contributed by atoms with Crippen molar-refractivity contribution in [3.63, 3.8) is 0 Å². The normalized spacial score (nSPS) is 24.2. The van der Waals surface area contributed by atoms with Gasteiger partial charge in [0, 0.05) is 73.3 Å². The topological polar surface area (TPSA) is 168 Å². The molecule has 4 heterocycles. The van der Waals surface area contributed by atoms with Crippen LogP contribution < -0.4 is 10.1 Å². The Hall–Kier alpha value is -6.28. The van der Waals surface area contributed by atoms with Gasteiger partial charge in [-0.25, -0.2) is 0 Å². The fraction of sp³-hybridized carbons (Fsp3) is 0.393. The van der Waals surface area contributed by atoms with Gasteiger partial charge >= 0.3 is 0 Å². The third kappa shape index (κ3) is 8.99. The van der Waals surface area contributed by atoms with E-state index >= 15 is 4.79 Å². The predicted molar refractivity (Wildman–Crippen MR) is 255 cm³/mol. The zero-order chi connectivity index (χ0) is 45.3. The molecule has 0 spiro atoms. The van der Waals surface area contributed by atoms with E-state index in [2.05, 4.69) is 57.5 Å². The molecular weight excluding hydrogens is 827 g/mol. The minimum atomic E-state index is -1.09. The van der Waals surface area contributed by atoms with E-state index in [9.17, 15) is 25.2 Å². The maximum atomic E-state index is 15.8. The summed E-state index contributed by atoms with van der Waals surface area (Å²) in [6, 6.07) is 19.2. The predicted octanol–water partition coefficient (Wildman–Crippen LogP) is 8.89. The number of aliphatic hydroxyl groups excluding tert-OH is 2. The number of carbonyl (C=O) groups is 2. The second-order valence-electron chi connectivity index (χ2n) is 19.2. The van der Waals surface area contributed by atoms with Gasteiger partial charge in [-0.3, -0.25) is 9.59 Å².